The van der Waals surface area contributed by atoms with Crippen LogP contribution in [0.5, 0.6) is 0 Å². The van der Waals surface area contributed by atoms with Crippen LogP contribution in [0.4, 0.5) is 5.69 Å². The molecular formula is C15H20N2O2. The Balaban J connectivity index is 1.89. The Labute approximate surface area is 113 Å². The zero-order chi connectivity index (χ0) is 13.2. The molecule has 4 heteroatoms. The predicted octanol–water partition coefficient (Wildman–Crippen LogP) is 1.55. The number of ether oxygens (including phenoxy) is 1. The highest BCUT2D eigenvalue weighted by molar-refractivity contribution is 5.96. The van der Waals surface area contributed by atoms with Crippen molar-refractivity contribution < 1.29 is 9.53 Å². The number of rotatable bonds is 1. The fourth-order valence-electron chi connectivity index (χ4n) is 2.94. The first-order valence-electron chi connectivity index (χ1n) is 6.99. The Morgan fingerprint density at radius 2 is 2.26 bits per heavy atom. The lowest BCUT2D eigenvalue weighted by Gasteiger charge is -2.26. The molecule has 2 aliphatic rings. The Morgan fingerprint density at radius 3 is 3.05 bits per heavy atom. The van der Waals surface area contributed by atoms with E-state index < -0.39 is 0 Å². The van der Waals surface area contributed by atoms with Gasteiger partial charge in [-0.3, -0.25) is 4.79 Å². The van der Waals surface area contributed by atoms with Crippen molar-refractivity contribution in [2.45, 2.75) is 26.0 Å². The molecule has 1 amide bonds. The van der Waals surface area contributed by atoms with Crippen LogP contribution in [0.1, 0.15) is 18.9 Å². The molecular weight excluding hydrogens is 240 g/mol. The van der Waals surface area contributed by atoms with Gasteiger partial charge >= 0.3 is 0 Å². The van der Waals surface area contributed by atoms with Crippen LogP contribution in [0.3, 0.4) is 0 Å². The standard InChI is InChI=1S/C15H20N2O2/c1-11-13(6-9-19-11)15(18)17-8-7-16-10-12-4-2-3-5-14(12)17/h2-5,11,13,16H,6-10H2,1H3. The van der Waals surface area contributed by atoms with E-state index in [9.17, 15) is 4.79 Å². The van der Waals surface area contributed by atoms with Crippen molar-refractivity contribution in [2.24, 2.45) is 5.92 Å². The summed E-state index contributed by atoms with van der Waals surface area (Å²) in [4.78, 5) is 14.7. The molecule has 0 bridgehead atoms. The maximum absolute atomic E-state index is 12.7. The van der Waals surface area contributed by atoms with Crippen LogP contribution in [-0.4, -0.2) is 31.7 Å². The number of fused-ring (bicyclic) bond motifs is 1. The monoisotopic (exact) mass is 260 g/mol. The summed E-state index contributed by atoms with van der Waals surface area (Å²) in [6, 6.07) is 8.15. The number of para-hydroxylation sites is 1. The highest BCUT2D eigenvalue weighted by Gasteiger charge is 2.35. The Bertz CT molecular complexity index is 475. The van der Waals surface area contributed by atoms with Crippen molar-refractivity contribution in [1.29, 1.82) is 0 Å². The molecule has 4 nitrogen and oxygen atoms in total. The number of hydrogen-bond donors (Lipinski definition) is 1. The molecule has 0 aromatic heterocycles. The van der Waals surface area contributed by atoms with Gasteiger partial charge in [0.25, 0.3) is 0 Å². The number of anilines is 1. The minimum Gasteiger partial charge on any atom is -0.378 e. The molecule has 19 heavy (non-hydrogen) atoms. The van der Waals surface area contributed by atoms with E-state index in [4.69, 9.17) is 4.74 Å². The molecule has 1 aromatic carbocycles. The number of amides is 1. The average molecular weight is 260 g/mol. The van der Waals surface area contributed by atoms with Gasteiger partial charge < -0.3 is 15.0 Å². The van der Waals surface area contributed by atoms with E-state index in [-0.39, 0.29) is 17.9 Å². The molecule has 0 saturated carbocycles. The number of nitrogens with one attached hydrogen (secondary N) is 1. The third-order valence-corrected chi connectivity index (χ3v) is 4.07. The van der Waals surface area contributed by atoms with Crippen LogP contribution < -0.4 is 10.2 Å². The minimum absolute atomic E-state index is 0.00570. The zero-order valence-corrected chi connectivity index (χ0v) is 11.3. The second-order valence-electron chi connectivity index (χ2n) is 5.27. The summed E-state index contributed by atoms with van der Waals surface area (Å²) in [6.07, 6.45) is 0.877. The molecule has 102 valence electrons. The summed E-state index contributed by atoms with van der Waals surface area (Å²) in [5.74, 6) is 0.215. The second kappa shape index (κ2) is 5.31. The van der Waals surface area contributed by atoms with Gasteiger partial charge in [-0.05, 0) is 25.0 Å². The largest absolute Gasteiger partial charge is 0.378 e. The molecule has 2 heterocycles. The lowest BCUT2D eigenvalue weighted by atomic mass is 10.00. The fraction of sp³-hybridized carbons (Fsp3) is 0.533. The number of benzene rings is 1. The van der Waals surface area contributed by atoms with Gasteiger partial charge in [-0.2, -0.15) is 0 Å². The zero-order valence-electron chi connectivity index (χ0n) is 11.3. The highest BCUT2D eigenvalue weighted by Crippen LogP contribution is 2.28. The average Bonchev–Trinajstić information content (AvgIpc) is 2.74. The van der Waals surface area contributed by atoms with E-state index in [2.05, 4.69) is 11.4 Å². The molecule has 0 aliphatic carbocycles. The highest BCUT2D eigenvalue weighted by atomic mass is 16.5. The Morgan fingerprint density at radius 1 is 1.42 bits per heavy atom. The second-order valence-corrected chi connectivity index (χ2v) is 5.27. The summed E-state index contributed by atoms with van der Waals surface area (Å²) >= 11 is 0. The summed E-state index contributed by atoms with van der Waals surface area (Å²) < 4.78 is 5.53. The predicted molar refractivity (Wildman–Crippen MR) is 74.0 cm³/mol. The van der Waals surface area contributed by atoms with E-state index in [1.54, 1.807) is 0 Å². The Kier molecular flexibility index (Phi) is 3.53. The van der Waals surface area contributed by atoms with Crippen molar-refractivity contribution in [3.8, 4) is 0 Å². The van der Waals surface area contributed by atoms with Crippen molar-refractivity contribution in [2.75, 3.05) is 24.6 Å². The van der Waals surface area contributed by atoms with Gasteiger partial charge in [0.2, 0.25) is 5.91 Å². The minimum atomic E-state index is 0.00570. The summed E-state index contributed by atoms with van der Waals surface area (Å²) in [5.41, 5.74) is 2.25. The molecule has 0 radical (unpaired) electrons. The topological polar surface area (TPSA) is 41.6 Å². The summed E-state index contributed by atoms with van der Waals surface area (Å²) in [7, 11) is 0. The van der Waals surface area contributed by atoms with Crippen molar-refractivity contribution >= 4 is 11.6 Å². The Hall–Kier alpha value is -1.39. The van der Waals surface area contributed by atoms with Crippen molar-refractivity contribution in [3.63, 3.8) is 0 Å². The first-order chi connectivity index (χ1) is 9.27. The molecule has 3 rings (SSSR count). The van der Waals surface area contributed by atoms with Crippen LogP contribution in [0.2, 0.25) is 0 Å². The van der Waals surface area contributed by atoms with Crippen molar-refractivity contribution in [1.82, 2.24) is 5.32 Å². The summed E-state index contributed by atoms with van der Waals surface area (Å²) in [5, 5.41) is 3.36. The van der Waals surface area contributed by atoms with E-state index in [1.165, 1.54) is 5.56 Å². The van der Waals surface area contributed by atoms with Crippen LogP contribution >= 0.6 is 0 Å². The molecule has 1 N–H and O–H groups in total. The van der Waals surface area contributed by atoms with Gasteiger partial charge in [-0.1, -0.05) is 18.2 Å². The van der Waals surface area contributed by atoms with Gasteiger partial charge in [0.05, 0.1) is 12.0 Å². The van der Waals surface area contributed by atoms with E-state index in [0.29, 0.717) is 6.61 Å². The first-order valence-corrected chi connectivity index (χ1v) is 6.99. The number of hydrogen-bond acceptors (Lipinski definition) is 3. The summed E-state index contributed by atoms with van der Waals surface area (Å²) in [6.45, 7) is 5.10. The van der Waals surface area contributed by atoms with Crippen LogP contribution in [0.15, 0.2) is 24.3 Å². The first kappa shape index (κ1) is 12.6. The fourth-order valence-corrected chi connectivity index (χ4v) is 2.94. The molecule has 2 atom stereocenters. The SMILES string of the molecule is CC1OCCC1C(=O)N1CCNCc2ccccc21. The maximum Gasteiger partial charge on any atom is 0.232 e. The quantitative estimate of drug-likeness (QED) is 0.833. The van der Waals surface area contributed by atoms with Gasteiger partial charge in [0.1, 0.15) is 0 Å². The van der Waals surface area contributed by atoms with Crippen molar-refractivity contribution in [3.05, 3.63) is 29.8 Å². The van der Waals surface area contributed by atoms with Gasteiger partial charge in [0, 0.05) is 31.9 Å². The van der Waals surface area contributed by atoms with Gasteiger partial charge in [-0.25, -0.2) is 0 Å². The van der Waals surface area contributed by atoms with Crippen LogP contribution in [0, 0.1) is 5.92 Å². The number of carbonyl (C=O) groups is 1. The smallest absolute Gasteiger partial charge is 0.232 e. The lowest BCUT2D eigenvalue weighted by Crippen LogP contribution is -2.41. The molecule has 0 spiro atoms. The third kappa shape index (κ3) is 2.38. The molecule has 1 fully saturated rings. The molecule has 2 aliphatic heterocycles. The van der Waals surface area contributed by atoms with Crippen LogP contribution in [0.25, 0.3) is 0 Å². The van der Waals surface area contributed by atoms with Crippen LogP contribution in [-0.2, 0) is 16.1 Å². The molecule has 1 aromatic rings. The van der Waals surface area contributed by atoms with E-state index in [1.807, 2.05) is 30.0 Å². The number of nitrogens with zero attached hydrogens (tertiary/aromatic N) is 1. The molecule has 2 unspecified atom stereocenters. The third-order valence-electron chi connectivity index (χ3n) is 4.07. The lowest BCUT2D eigenvalue weighted by molar-refractivity contribution is -0.123. The number of carbonyl (C=O) groups excluding carboxylic acids is 1. The van der Waals surface area contributed by atoms with Gasteiger partial charge in [-0.15, -0.1) is 0 Å². The van der Waals surface area contributed by atoms with E-state index >= 15 is 0 Å². The maximum atomic E-state index is 12.7. The molecule has 1 saturated heterocycles. The van der Waals surface area contributed by atoms with Gasteiger partial charge in [0.15, 0.2) is 0 Å². The normalized spacial score (nSPS) is 26.9. The van der Waals surface area contributed by atoms with E-state index in [0.717, 1.165) is 31.7 Å².